The van der Waals surface area contributed by atoms with Crippen LogP contribution in [0.25, 0.3) is 11.2 Å². The molecule has 0 unspecified atom stereocenters. The minimum Gasteiger partial charge on any atom is -0.312 e. The third kappa shape index (κ3) is 3.33. The maximum Gasteiger partial charge on any atom is 0.332 e. The number of hydrogen-bond acceptors (Lipinski definition) is 4. The van der Waals surface area contributed by atoms with E-state index in [1.807, 2.05) is 60.0 Å². The van der Waals surface area contributed by atoms with Gasteiger partial charge in [0.15, 0.2) is 11.2 Å². The molecule has 32 heavy (non-hydrogen) atoms. The molecule has 0 fully saturated rings. The topological polar surface area (TPSA) is 65.1 Å². The van der Waals surface area contributed by atoms with Crippen LogP contribution in [-0.4, -0.2) is 25.2 Å². The van der Waals surface area contributed by atoms with Gasteiger partial charge in [-0.05, 0) is 42.7 Å². The fourth-order valence-electron chi connectivity index (χ4n) is 4.36. The standard InChI is InChI=1S/C24H24ClN5O2/c1-15-4-6-17(7-5-15)14-30-22(31)20-21(27(3)24(30)32)26-23-28(12-16(2)13-29(20)23)19-10-8-18(25)9-11-19/h4-11,16H,12-14H2,1-3H3/t16-/m1/s1. The van der Waals surface area contributed by atoms with Gasteiger partial charge >= 0.3 is 5.69 Å². The molecule has 1 atom stereocenters. The molecule has 0 amide bonds. The second-order valence-corrected chi connectivity index (χ2v) is 9.04. The van der Waals surface area contributed by atoms with E-state index in [1.165, 1.54) is 9.13 Å². The smallest absolute Gasteiger partial charge is 0.312 e. The molecule has 5 rings (SSSR count). The van der Waals surface area contributed by atoms with Crippen molar-refractivity contribution in [3.05, 3.63) is 85.5 Å². The maximum absolute atomic E-state index is 13.6. The van der Waals surface area contributed by atoms with Crippen molar-refractivity contribution < 1.29 is 0 Å². The van der Waals surface area contributed by atoms with Gasteiger partial charge in [-0.1, -0.05) is 48.4 Å². The van der Waals surface area contributed by atoms with Gasteiger partial charge in [0.1, 0.15) is 0 Å². The predicted octanol–water partition coefficient (Wildman–Crippen LogP) is 3.69. The Kier molecular flexibility index (Phi) is 4.93. The highest BCUT2D eigenvalue weighted by Gasteiger charge is 2.29. The fraction of sp³-hybridized carbons (Fsp3) is 0.292. The van der Waals surface area contributed by atoms with Crippen molar-refractivity contribution in [3.63, 3.8) is 0 Å². The normalized spacial score (nSPS) is 15.9. The van der Waals surface area contributed by atoms with Gasteiger partial charge in [0.2, 0.25) is 5.95 Å². The van der Waals surface area contributed by atoms with Gasteiger partial charge in [-0.2, -0.15) is 4.98 Å². The summed E-state index contributed by atoms with van der Waals surface area (Å²) in [4.78, 5) is 33.5. The quantitative estimate of drug-likeness (QED) is 0.478. The first-order valence-corrected chi connectivity index (χ1v) is 11.0. The van der Waals surface area contributed by atoms with Crippen LogP contribution in [0.1, 0.15) is 18.1 Å². The molecule has 4 aromatic rings. The minimum atomic E-state index is -0.371. The Hall–Kier alpha value is -3.32. The molecule has 0 bridgehead atoms. The van der Waals surface area contributed by atoms with Crippen LogP contribution >= 0.6 is 11.6 Å². The fourth-order valence-corrected chi connectivity index (χ4v) is 4.49. The highest BCUT2D eigenvalue weighted by Crippen LogP contribution is 2.33. The first-order chi connectivity index (χ1) is 15.3. The SMILES string of the molecule is Cc1ccc(Cn2c(=O)c3c(nc4n3C[C@H](C)CN4c3ccc(Cl)cc3)n(C)c2=O)cc1. The second-order valence-electron chi connectivity index (χ2n) is 8.61. The number of aryl methyl sites for hydroxylation is 2. The Labute approximate surface area is 190 Å². The van der Waals surface area contributed by atoms with E-state index in [0.29, 0.717) is 28.7 Å². The number of halogens is 1. The summed E-state index contributed by atoms with van der Waals surface area (Å²) in [5.41, 5.74) is 3.16. The van der Waals surface area contributed by atoms with E-state index in [2.05, 4.69) is 11.8 Å². The summed E-state index contributed by atoms with van der Waals surface area (Å²) >= 11 is 6.07. The minimum absolute atomic E-state index is 0.221. The van der Waals surface area contributed by atoms with Crippen LogP contribution in [0, 0.1) is 12.8 Å². The van der Waals surface area contributed by atoms with Gasteiger partial charge < -0.3 is 9.47 Å². The zero-order valence-electron chi connectivity index (χ0n) is 18.2. The molecule has 0 aliphatic carbocycles. The molecule has 3 heterocycles. The summed E-state index contributed by atoms with van der Waals surface area (Å²) in [5.74, 6) is 0.957. The molecule has 0 saturated heterocycles. The summed E-state index contributed by atoms with van der Waals surface area (Å²) in [6.07, 6.45) is 0. The third-order valence-corrected chi connectivity index (χ3v) is 6.29. The third-order valence-electron chi connectivity index (χ3n) is 6.04. The van der Waals surface area contributed by atoms with Gasteiger partial charge in [0.25, 0.3) is 5.56 Å². The van der Waals surface area contributed by atoms with E-state index >= 15 is 0 Å². The molecular formula is C24H24ClN5O2. The molecule has 0 saturated carbocycles. The lowest BCUT2D eigenvalue weighted by Gasteiger charge is -2.33. The van der Waals surface area contributed by atoms with Crippen LogP contribution < -0.4 is 16.1 Å². The van der Waals surface area contributed by atoms with Gasteiger partial charge in [0, 0.05) is 30.8 Å². The number of fused-ring (bicyclic) bond motifs is 3. The average Bonchev–Trinajstić information content (AvgIpc) is 3.16. The number of hydrogen-bond donors (Lipinski definition) is 0. The van der Waals surface area contributed by atoms with Crippen molar-refractivity contribution in [2.75, 3.05) is 11.4 Å². The second kappa shape index (κ2) is 7.67. The Morgan fingerprint density at radius 3 is 2.41 bits per heavy atom. The van der Waals surface area contributed by atoms with Crippen LogP contribution in [0.4, 0.5) is 11.6 Å². The van der Waals surface area contributed by atoms with Gasteiger partial charge in [0.05, 0.1) is 6.54 Å². The molecule has 7 nitrogen and oxygen atoms in total. The van der Waals surface area contributed by atoms with Crippen LogP contribution in [0.5, 0.6) is 0 Å². The molecule has 164 valence electrons. The molecule has 2 aromatic heterocycles. The maximum atomic E-state index is 13.6. The highest BCUT2D eigenvalue weighted by atomic mass is 35.5. The Bertz CT molecular complexity index is 1430. The van der Waals surface area contributed by atoms with Crippen LogP contribution in [-0.2, 0) is 20.1 Å². The number of imidazole rings is 1. The molecule has 1 aliphatic rings. The lowest BCUT2D eigenvalue weighted by atomic mass is 10.1. The van der Waals surface area contributed by atoms with Crippen LogP contribution in [0.15, 0.2) is 58.1 Å². The summed E-state index contributed by atoms with van der Waals surface area (Å²) in [7, 11) is 1.67. The molecule has 1 aliphatic heterocycles. The molecular weight excluding hydrogens is 426 g/mol. The zero-order chi connectivity index (χ0) is 22.6. The monoisotopic (exact) mass is 449 g/mol. The lowest BCUT2D eigenvalue weighted by Crippen LogP contribution is -2.40. The first-order valence-electron chi connectivity index (χ1n) is 10.6. The summed E-state index contributed by atoms with van der Waals surface area (Å²) < 4.78 is 4.72. The summed E-state index contributed by atoms with van der Waals surface area (Å²) in [6.45, 7) is 5.79. The van der Waals surface area contributed by atoms with E-state index in [4.69, 9.17) is 16.6 Å². The molecule has 8 heteroatoms. The predicted molar refractivity (Wildman–Crippen MR) is 127 cm³/mol. The van der Waals surface area contributed by atoms with Crippen molar-refractivity contribution in [1.82, 2.24) is 18.7 Å². The van der Waals surface area contributed by atoms with Crippen molar-refractivity contribution in [1.29, 1.82) is 0 Å². The highest BCUT2D eigenvalue weighted by molar-refractivity contribution is 6.30. The van der Waals surface area contributed by atoms with Crippen LogP contribution in [0.3, 0.4) is 0 Å². The van der Waals surface area contributed by atoms with Crippen molar-refractivity contribution in [3.8, 4) is 0 Å². The Morgan fingerprint density at radius 2 is 1.72 bits per heavy atom. The summed E-state index contributed by atoms with van der Waals surface area (Å²) in [6, 6.07) is 15.4. The van der Waals surface area contributed by atoms with E-state index in [1.54, 1.807) is 7.05 Å². The molecule has 0 radical (unpaired) electrons. The van der Waals surface area contributed by atoms with Gasteiger partial charge in [-0.25, -0.2) is 4.79 Å². The van der Waals surface area contributed by atoms with E-state index in [-0.39, 0.29) is 23.7 Å². The molecule has 0 spiro atoms. The van der Waals surface area contributed by atoms with Crippen LogP contribution in [0.2, 0.25) is 5.02 Å². The lowest BCUT2D eigenvalue weighted by molar-refractivity contribution is 0.458. The van der Waals surface area contributed by atoms with Gasteiger partial charge in [-0.3, -0.25) is 13.9 Å². The van der Waals surface area contributed by atoms with Crippen molar-refractivity contribution >= 4 is 34.4 Å². The van der Waals surface area contributed by atoms with Crippen molar-refractivity contribution in [2.45, 2.75) is 26.9 Å². The van der Waals surface area contributed by atoms with E-state index < -0.39 is 0 Å². The van der Waals surface area contributed by atoms with E-state index in [9.17, 15) is 9.59 Å². The Morgan fingerprint density at radius 1 is 1.03 bits per heavy atom. The zero-order valence-corrected chi connectivity index (χ0v) is 19.0. The van der Waals surface area contributed by atoms with Crippen molar-refractivity contribution in [2.24, 2.45) is 13.0 Å². The largest absolute Gasteiger partial charge is 0.332 e. The molecule has 2 aromatic carbocycles. The van der Waals surface area contributed by atoms with E-state index in [0.717, 1.165) is 23.4 Å². The average molecular weight is 450 g/mol. The molecule has 0 N–H and O–H groups in total. The van der Waals surface area contributed by atoms with Gasteiger partial charge in [-0.15, -0.1) is 0 Å². The Balaban J connectivity index is 1.70. The number of aromatic nitrogens is 4. The number of benzene rings is 2. The number of nitrogens with zero attached hydrogens (tertiary/aromatic N) is 5. The first kappa shape index (κ1) is 20.6. The summed E-state index contributed by atoms with van der Waals surface area (Å²) in [5, 5.41) is 0.661. The number of rotatable bonds is 3. The number of anilines is 2.